The van der Waals surface area contributed by atoms with Gasteiger partial charge in [0.05, 0.1) is 6.67 Å². The van der Waals surface area contributed by atoms with E-state index in [1.54, 1.807) is 0 Å². The minimum absolute atomic E-state index is 0.201. The first-order valence-corrected chi connectivity index (χ1v) is 6.16. The Hall–Kier alpha value is 0.200. The number of hydrogen-bond donors (Lipinski definition) is 1. The maximum absolute atomic E-state index is 11.7. The van der Waals surface area contributed by atoms with Crippen molar-refractivity contribution in [2.24, 2.45) is 0 Å². The topological polar surface area (TPSA) is 15.3 Å². The van der Waals surface area contributed by atoms with E-state index in [0.29, 0.717) is 6.42 Å². The van der Waals surface area contributed by atoms with E-state index in [1.165, 1.54) is 24.6 Å². The van der Waals surface area contributed by atoms with Crippen molar-refractivity contribution >= 4 is 11.8 Å². The monoisotopic (exact) mass is 206 g/mol. The highest BCUT2D eigenvalue weighted by atomic mass is 32.2. The van der Waals surface area contributed by atoms with Gasteiger partial charge in [0.2, 0.25) is 0 Å². The minimum atomic E-state index is -0.201. The molecule has 0 saturated carbocycles. The second kappa shape index (κ2) is 7.59. The maximum atomic E-state index is 11.7. The summed E-state index contributed by atoms with van der Waals surface area (Å²) in [6.45, 7) is 5.18. The molecule has 13 heavy (non-hydrogen) atoms. The lowest BCUT2D eigenvalue weighted by atomic mass is 10.4. The first-order valence-electron chi connectivity index (χ1n) is 5.00. The number of alkyl halides is 1. The molecule has 78 valence electrons. The molecule has 2 nitrogen and oxygen atoms in total. The van der Waals surface area contributed by atoms with Gasteiger partial charge in [-0.25, -0.2) is 0 Å². The zero-order valence-electron chi connectivity index (χ0n) is 8.10. The van der Waals surface area contributed by atoms with Gasteiger partial charge in [0.15, 0.2) is 0 Å². The molecule has 1 fully saturated rings. The molecular weight excluding hydrogens is 187 g/mol. The Morgan fingerprint density at radius 3 is 2.69 bits per heavy atom. The van der Waals surface area contributed by atoms with Crippen molar-refractivity contribution in [3.05, 3.63) is 0 Å². The highest BCUT2D eigenvalue weighted by Gasteiger charge is 2.08. The quantitative estimate of drug-likeness (QED) is 0.652. The van der Waals surface area contributed by atoms with Crippen molar-refractivity contribution in [2.45, 2.75) is 6.42 Å². The summed E-state index contributed by atoms with van der Waals surface area (Å²) < 4.78 is 11.7. The van der Waals surface area contributed by atoms with Crippen LogP contribution in [0.25, 0.3) is 0 Å². The standard InChI is InChI=1S/C9H19FN2S/c10-2-1-3-11-4-5-12-6-8-13-9-7-12/h11H,1-9H2. The molecule has 1 saturated heterocycles. The van der Waals surface area contributed by atoms with Crippen LogP contribution in [-0.2, 0) is 0 Å². The summed E-state index contributed by atoms with van der Waals surface area (Å²) in [6, 6.07) is 0. The Labute approximate surface area is 84.3 Å². The van der Waals surface area contributed by atoms with E-state index < -0.39 is 0 Å². The number of rotatable bonds is 6. The van der Waals surface area contributed by atoms with Crippen LogP contribution in [0.3, 0.4) is 0 Å². The summed E-state index contributed by atoms with van der Waals surface area (Å²) in [5, 5.41) is 3.25. The maximum Gasteiger partial charge on any atom is 0.0906 e. The fourth-order valence-electron chi connectivity index (χ4n) is 1.38. The van der Waals surface area contributed by atoms with Crippen molar-refractivity contribution in [3.8, 4) is 0 Å². The molecule has 1 rings (SSSR count). The van der Waals surface area contributed by atoms with E-state index >= 15 is 0 Å². The van der Waals surface area contributed by atoms with Gasteiger partial charge in [-0.3, -0.25) is 4.39 Å². The molecule has 1 N–H and O–H groups in total. The van der Waals surface area contributed by atoms with Crippen molar-refractivity contribution in [2.75, 3.05) is 50.9 Å². The van der Waals surface area contributed by atoms with Gasteiger partial charge in [0.1, 0.15) is 0 Å². The zero-order valence-corrected chi connectivity index (χ0v) is 8.91. The molecule has 0 aromatic rings. The third-order valence-corrected chi connectivity index (χ3v) is 3.14. The predicted octanol–water partition coefficient (Wildman–Crippen LogP) is 0.984. The van der Waals surface area contributed by atoms with Crippen molar-refractivity contribution in [3.63, 3.8) is 0 Å². The SMILES string of the molecule is FCCCNCCN1CCSCC1. The third-order valence-electron chi connectivity index (χ3n) is 2.20. The lowest BCUT2D eigenvalue weighted by molar-refractivity contribution is 0.300. The van der Waals surface area contributed by atoms with Crippen LogP contribution in [-0.4, -0.2) is 55.8 Å². The predicted molar refractivity (Wildman–Crippen MR) is 57.2 cm³/mol. The van der Waals surface area contributed by atoms with Gasteiger partial charge in [-0.1, -0.05) is 0 Å². The highest BCUT2D eigenvalue weighted by Crippen LogP contribution is 2.07. The van der Waals surface area contributed by atoms with Crippen LogP contribution >= 0.6 is 11.8 Å². The van der Waals surface area contributed by atoms with E-state index in [4.69, 9.17) is 0 Å². The van der Waals surface area contributed by atoms with E-state index in [0.717, 1.165) is 19.6 Å². The fraction of sp³-hybridized carbons (Fsp3) is 1.00. The number of nitrogens with zero attached hydrogens (tertiary/aromatic N) is 1. The summed E-state index contributed by atoms with van der Waals surface area (Å²) in [5.41, 5.74) is 0. The second-order valence-corrected chi connectivity index (χ2v) is 4.47. The van der Waals surface area contributed by atoms with Gasteiger partial charge in [0.25, 0.3) is 0 Å². The summed E-state index contributed by atoms with van der Waals surface area (Å²) in [5.74, 6) is 2.54. The summed E-state index contributed by atoms with van der Waals surface area (Å²) >= 11 is 2.03. The molecule has 0 radical (unpaired) electrons. The molecule has 0 aromatic heterocycles. The first-order chi connectivity index (χ1) is 6.43. The summed E-state index contributed by atoms with van der Waals surface area (Å²) in [6.07, 6.45) is 0.649. The smallest absolute Gasteiger partial charge is 0.0906 e. The fourth-order valence-corrected chi connectivity index (χ4v) is 2.36. The van der Waals surface area contributed by atoms with Crippen LogP contribution in [0.5, 0.6) is 0 Å². The lowest BCUT2D eigenvalue weighted by Gasteiger charge is -2.26. The van der Waals surface area contributed by atoms with Crippen molar-refractivity contribution < 1.29 is 4.39 Å². The zero-order chi connectivity index (χ0) is 9.36. The van der Waals surface area contributed by atoms with Crippen LogP contribution in [0.1, 0.15) is 6.42 Å². The van der Waals surface area contributed by atoms with Crippen LogP contribution in [0.15, 0.2) is 0 Å². The molecule has 0 atom stereocenters. The van der Waals surface area contributed by atoms with E-state index in [1.807, 2.05) is 11.8 Å². The number of thioether (sulfide) groups is 1. The largest absolute Gasteiger partial charge is 0.315 e. The van der Waals surface area contributed by atoms with Crippen LogP contribution in [0.4, 0.5) is 4.39 Å². The van der Waals surface area contributed by atoms with Gasteiger partial charge in [0, 0.05) is 37.7 Å². The van der Waals surface area contributed by atoms with E-state index in [9.17, 15) is 4.39 Å². The summed E-state index contributed by atoms with van der Waals surface area (Å²) in [7, 11) is 0. The Morgan fingerprint density at radius 2 is 2.00 bits per heavy atom. The molecular formula is C9H19FN2S. The molecule has 0 unspecified atom stereocenters. The van der Waals surface area contributed by atoms with Crippen molar-refractivity contribution in [1.82, 2.24) is 10.2 Å². The van der Waals surface area contributed by atoms with Crippen LogP contribution < -0.4 is 5.32 Å². The molecule has 1 aliphatic rings. The molecule has 0 aliphatic carbocycles. The Bertz CT molecular complexity index is 118. The van der Waals surface area contributed by atoms with Gasteiger partial charge < -0.3 is 10.2 Å². The number of nitrogens with one attached hydrogen (secondary N) is 1. The Kier molecular flexibility index (Phi) is 6.58. The lowest BCUT2D eigenvalue weighted by Crippen LogP contribution is -2.38. The number of hydrogen-bond acceptors (Lipinski definition) is 3. The Morgan fingerprint density at radius 1 is 1.23 bits per heavy atom. The molecule has 0 bridgehead atoms. The Balaban J connectivity index is 1.86. The average Bonchev–Trinajstić information content (AvgIpc) is 2.19. The molecule has 1 heterocycles. The molecule has 0 spiro atoms. The first kappa shape index (κ1) is 11.3. The van der Waals surface area contributed by atoms with Gasteiger partial charge in [-0.05, 0) is 13.0 Å². The molecule has 1 aliphatic heterocycles. The minimum Gasteiger partial charge on any atom is -0.315 e. The molecule has 4 heteroatoms. The normalized spacial score (nSPS) is 19.2. The number of halogens is 1. The summed E-state index contributed by atoms with van der Waals surface area (Å²) in [4.78, 5) is 2.47. The molecule has 0 aromatic carbocycles. The van der Waals surface area contributed by atoms with Gasteiger partial charge in [-0.2, -0.15) is 11.8 Å². The third kappa shape index (κ3) is 5.49. The van der Waals surface area contributed by atoms with Crippen molar-refractivity contribution in [1.29, 1.82) is 0 Å². The average molecular weight is 206 g/mol. The second-order valence-electron chi connectivity index (χ2n) is 3.25. The van der Waals surface area contributed by atoms with Gasteiger partial charge >= 0.3 is 0 Å². The van der Waals surface area contributed by atoms with E-state index in [-0.39, 0.29) is 6.67 Å². The highest BCUT2D eigenvalue weighted by molar-refractivity contribution is 7.99. The van der Waals surface area contributed by atoms with Crippen LogP contribution in [0.2, 0.25) is 0 Å². The van der Waals surface area contributed by atoms with Crippen LogP contribution in [0, 0.1) is 0 Å². The van der Waals surface area contributed by atoms with E-state index in [2.05, 4.69) is 10.2 Å². The molecule has 0 amide bonds. The van der Waals surface area contributed by atoms with Gasteiger partial charge in [-0.15, -0.1) is 0 Å².